The largest absolute Gasteiger partial charge is 0.507 e. The number of piperidine rings is 1. The fourth-order valence-electron chi connectivity index (χ4n) is 2.07. The van der Waals surface area contributed by atoms with Gasteiger partial charge in [0.05, 0.1) is 11.3 Å². The SMILES string of the molecule is O=Cc1c(O)cccc1N1CCCCC1. The van der Waals surface area contributed by atoms with Crippen molar-refractivity contribution in [1.82, 2.24) is 0 Å². The predicted octanol–water partition coefficient (Wildman–Crippen LogP) is 2.20. The minimum Gasteiger partial charge on any atom is -0.507 e. The van der Waals surface area contributed by atoms with E-state index in [1.165, 1.54) is 6.42 Å². The van der Waals surface area contributed by atoms with E-state index in [-0.39, 0.29) is 5.75 Å². The van der Waals surface area contributed by atoms with Gasteiger partial charge < -0.3 is 10.0 Å². The molecule has 0 radical (unpaired) electrons. The Balaban J connectivity index is 2.33. The first-order valence-corrected chi connectivity index (χ1v) is 5.35. The zero-order valence-electron chi connectivity index (χ0n) is 8.65. The van der Waals surface area contributed by atoms with Crippen molar-refractivity contribution < 1.29 is 9.90 Å². The Bertz CT molecular complexity index is 357. The van der Waals surface area contributed by atoms with Gasteiger partial charge >= 0.3 is 0 Å². The molecule has 3 heteroatoms. The van der Waals surface area contributed by atoms with E-state index in [4.69, 9.17) is 0 Å². The Labute approximate surface area is 89.3 Å². The molecular weight excluding hydrogens is 190 g/mol. The lowest BCUT2D eigenvalue weighted by Gasteiger charge is -2.29. The number of carbonyl (C=O) groups excluding carboxylic acids is 1. The van der Waals surface area contributed by atoms with Gasteiger partial charge in [-0.15, -0.1) is 0 Å². The molecule has 1 saturated heterocycles. The molecule has 1 fully saturated rings. The Morgan fingerprint density at radius 3 is 2.60 bits per heavy atom. The van der Waals surface area contributed by atoms with E-state index < -0.39 is 0 Å². The first-order chi connectivity index (χ1) is 7.33. The number of hydrogen-bond donors (Lipinski definition) is 1. The average Bonchev–Trinajstić information content (AvgIpc) is 2.30. The number of aromatic hydroxyl groups is 1. The van der Waals surface area contributed by atoms with Crippen LogP contribution in [0.5, 0.6) is 5.75 Å². The molecule has 1 aliphatic rings. The number of carbonyl (C=O) groups is 1. The second-order valence-corrected chi connectivity index (χ2v) is 3.88. The smallest absolute Gasteiger partial charge is 0.155 e. The van der Waals surface area contributed by atoms with Crippen molar-refractivity contribution in [2.75, 3.05) is 18.0 Å². The molecular formula is C12H15NO2. The van der Waals surface area contributed by atoms with Crippen LogP contribution in [0.25, 0.3) is 0 Å². The van der Waals surface area contributed by atoms with Crippen LogP contribution in [0.15, 0.2) is 18.2 Å². The van der Waals surface area contributed by atoms with Gasteiger partial charge in [-0.1, -0.05) is 6.07 Å². The summed E-state index contributed by atoms with van der Waals surface area (Å²) < 4.78 is 0. The molecule has 2 rings (SSSR count). The minimum atomic E-state index is 0.0769. The second kappa shape index (κ2) is 4.34. The number of aldehydes is 1. The molecule has 15 heavy (non-hydrogen) atoms. The molecule has 0 spiro atoms. The van der Waals surface area contributed by atoms with Crippen molar-refractivity contribution in [2.24, 2.45) is 0 Å². The fraction of sp³-hybridized carbons (Fsp3) is 0.417. The number of hydrogen-bond acceptors (Lipinski definition) is 3. The summed E-state index contributed by atoms with van der Waals surface area (Å²) in [7, 11) is 0. The molecule has 0 atom stereocenters. The number of nitrogens with zero attached hydrogens (tertiary/aromatic N) is 1. The van der Waals surface area contributed by atoms with Crippen LogP contribution in [0, 0.1) is 0 Å². The third-order valence-corrected chi connectivity index (χ3v) is 2.87. The fourth-order valence-corrected chi connectivity index (χ4v) is 2.07. The maximum atomic E-state index is 10.9. The zero-order valence-corrected chi connectivity index (χ0v) is 8.65. The van der Waals surface area contributed by atoms with Gasteiger partial charge in [0.15, 0.2) is 6.29 Å². The van der Waals surface area contributed by atoms with Crippen molar-refractivity contribution in [3.05, 3.63) is 23.8 Å². The van der Waals surface area contributed by atoms with Crippen LogP contribution in [0.2, 0.25) is 0 Å². The van der Waals surface area contributed by atoms with Crippen LogP contribution in [0.1, 0.15) is 29.6 Å². The van der Waals surface area contributed by atoms with Crippen molar-refractivity contribution in [1.29, 1.82) is 0 Å². The van der Waals surface area contributed by atoms with E-state index >= 15 is 0 Å². The van der Waals surface area contributed by atoms with Crippen LogP contribution in [0.3, 0.4) is 0 Å². The van der Waals surface area contributed by atoms with Crippen molar-refractivity contribution in [3.63, 3.8) is 0 Å². The highest BCUT2D eigenvalue weighted by Gasteiger charge is 2.15. The molecule has 1 aliphatic heterocycles. The molecule has 0 aromatic heterocycles. The Kier molecular flexibility index (Phi) is 2.90. The highest BCUT2D eigenvalue weighted by Crippen LogP contribution is 2.28. The Morgan fingerprint density at radius 2 is 1.93 bits per heavy atom. The minimum absolute atomic E-state index is 0.0769. The number of anilines is 1. The molecule has 3 nitrogen and oxygen atoms in total. The topological polar surface area (TPSA) is 40.5 Å². The van der Waals surface area contributed by atoms with Gasteiger partial charge in [-0.25, -0.2) is 0 Å². The lowest BCUT2D eigenvalue weighted by molar-refractivity contribution is 0.112. The summed E-state index contributed by atoms with van der Waals surface area (Å²) in [4.78, 5) is 13.1. The molecule has 80 valence electrons. The number of rotatable bonds is 2. The monoisotopic (exact) mass is 205 g/mol. The molecule has 0 aliphatic carbocycles. The summed E-state index contributed by atoms with van der Waals surface area (Å²) in [6.45, 7) is 1.95. The van der Waals surface area contributed by atoms with Crippen molar-refractivity contribution >= 4 is 12.0 Å². The van der Waals surface area contributed by atoms with Gasteiger partial charge in [0.25, 0.3) is 0 Å². The maximum Gasteiger partial charge on any atom is 0.155 e. The second-order valence-electron chi connectivity index (χ2n) is 3.88. The molecule has 0 saturated carbocycles. The average molecular weight is 205 g/mol. The van der Waals surface area contributed by atoms with Crippen LogP contribution < -0.4 is 4.90 Å². The van der Waals surface area contributed by atoms with E-state index in [0.717, 1.165) is 37.9 Å². The van der Waals surface area contributed by atoms with Crippen molar-refractivity contribution in [3.8, 4) is 5.75 Å². The lowest BCUT2D eigenvalue weighted by atomic mass is 10.1. The van der Waals surface area contributed by atoms with Gasteiger partial charge in [0.2, 0.25) is 0 Å². The predicted molar refractivity (Wildman–Crippen MR) is 59.6 cm³/mol. The first kappa shape index (κ1) is 10.0. The summed E-state index contributed by atoms with van der Waals surface area (Å²) in [6, 6.07) is 5.23. The van der Waals surface area contributed by atoms with E-state index in [0.29, 0.717) is 5.56 Å². The summed E-state index contributed by atoms with van der Waals surface area (Å²) in [5, 5.41) is 9.56. The van der Waals surface area contributed by atoms with Crippen LogP contribution in [-0.2, 0) is 0 Å². The Morgan fingerprint density at radius 1 is 1.20 bits per heavy atom. The molecule has 0 amide bonds. The van der Waals surface area contributed by atoms with E-state index in [2.05, 4.69) is 4.90 Å². The molecule has 1 N–H and O–H groups in total. The highest BCUT2D eigenvalue weighted by molar-refractivity contribution is 5.88. The van der Waals surface area contributed by atoms with E-state index in [1.54, 1.807) is 12.1 Å². The zero-order chi connectivity index (χ0) is 10.7. The molecule has 0 unspecified atom stereocenters. The quantitative estimate of drug-likeness (QED) is 0.752. The van der Waals surface area contributed by atoms with Crippen LogP contribution in [-0.4, -0.2) is 24.5 Å². The van der Waals surface area contributed by atoms with Gasteiger partial charge in [-0.05, 0) is 31.4 Å². The summed E-state index contributed by atoms with van der Waals surface area (Å²) >= 11 is 0. The Hall–Kier alpha value is -1.51. The molecule has 1 aromatic carbocycles. The molecule has 0 bridgehead atoms. The van der Waals surface area contributed by atoms with Crippen molar-refractivity contribution in [2.45, 2.75) is 19.3 Å². The lowest BCUT2D eigenvalue weighted by Crippen LogP contribution is -2.30. The maximum absolute atomic E-state index is 10.9. The third-order valence-electron chi connectivity index (χ3n) is 2.87. The third kappa shape index (κ3) is 1.96. The standard InChI is InChI=1S/C12H15NO2/c14-9-10-11(5-4-6-12(10)15)13-7-2-1-3-8-13/h4-6,9,15H,1-3,7-8H2. The number of phenols is 1. The first-order valence-electron chi connectivity index (χ1n) is 5.35. The van der Waals surface area contributed by atoms with Gasteiger partial charge in [0.1, 0.15) is 5.75 Å². The van der Waals surface area contributed by atoms with Gasteiger partial charge in [-0.2, -0.15) is 0 Å². The molecule has 1 heterocycles. The van der Waals surface area contributed by atoms with E-state index in [9.17, 15) is 9.90 Å². The summed E-state index contributed by atoms with van der Waals surface area (Å²) in [6.07, 6.45) is 4.31. The highest BCUT2D eigenvalue weighted by atomic mass is 16.3. The molecule has 1 aromatic rings. The number of benzene rings is 1. The van der Waals surface area contributed by atoms with Crippen LogP contribution in [0.4, 0.5) is 5.69 Å². The summed E-state index contributed by atoms with van der Waals surface area (Å²) in [5.41, 5.74) is 1.28. The number of phenolic OH excluding ortho intramolecular Hbond substituents is 1. The van der Waals surface area contributed by atoms with Gasteiger partial charge in [-0.3, -0.25) is 4.79 Å². The van der Waals surface area contributed by atoms with Crippen LogP contribution >= 0.6 is 0 Å². The summed E-state index contributed by atoms with van der Waals surface area (Å²) in [5.74, 6) is 0.0769. The van der Waals surface area contributed by atoms with E-state index in [1.807, 2.05) is 6.07 Å². The van der Waals surface area contributed by atoms with Gasteiger partial charge in [0, 0.05) is 13.1 Å². The normalized spacial score (nSPS) is 16.4.